The third-order valence-corrected chi connectivity index (χ3v) is 5.32. The largest absolute Gasteiger partial charge is 0.335 e. The standard InChI is InChI=1S/C23H24N2O/c1-23(2)13-21(17-8-4-3-5-9-17)25(16-23)22(26)12-19-15-24-14-18-10-6-7-11-20(18)19/h3-11,14-15,21H,12-13,16H2,1-2H3. The molecule has 3 heteroatoms. The molecule has 1 fully saturated rings. The second kappa shape index (κ2) is 6.56. The van der Waals surface area contributed by atoms with Crippen molar-refractivity contribution in [1.82, 2.24) is 9.88 Å². The van der Waals surface area contributed by atoms with Crippen LogP contribution < -0.4 is 0 Å². The van der Waals surface area contributed by atoms with E-state index in [9.17, 15) is 4.79 Å². The molecule has 26 heavy (non-hydrogen) atoms. The molecule has 0 spiro atoms. The highest BCUT2D eigenvalue weighted by atomic mass is 16.2. The second-order valence-electron chi connectivity index (χ2n) is 8.01. The molecule has 1 unspecified atom stereocenters. The van der Waals surface area contributed by atoms with E-state index in [0.717, 1.165) is 29.3 Å². The van der Waals surface area contributed by atoms with E-state index in [2.05, 4.69) is 54.1 Å². The molecule has 2 aromatic carbocycles. The zero-order valence-electron chi connectivity index (χ0n) is 15.4. The first-order valence-electron chi connectivity index (χ1n) is 9.20. The molecular weight excluding hydrogens is 320 g/mol. The van der Waals surface area contributed by atoms with E-state index in [1.54, 1.807) is 0 Å². The highest BCUT2D eigenvalue weighted by Gasteiger charge is 2.40. The molecular formula is C23H24N2O. The summed E-state index contributed by atoms with van der Waals surface area (Å²) < 4.78 is 0. The number of rotatable bonds is 3. The van der Waals surface area contributed by atoms with E-state index in [4.69, 9.17) is 0 Å². The second-order valence-corrected chi connectivity index (χ2v) is 8.01. The third kappa shape index (κ3) is 3.22. The molecule has 1 aliphatic heterocycles. The van der Waals surface area contributed by atoms with Crippen molar-refractivity contribution in [1.29, 1.82) is 0 Å². The van der Waals surface area contributed by atoms with Gasteiger partial charge in [-0.15, -0.1) is 0 Å². The van der Waals surface area contributed by atoms with E-state index >= 15 is 0 Å². The maximum absolute atomic E-state index is 13.2. The Hall–Kier alpha value is -2.68. The Morgan fingerprint density at radius 3 is 2.62 bits per heavy atom. The summed E-state index contributed by atoms with van der Waals surface area (Å²) in [5.41, 5.74) is 2.36. The number of hydrogen-bond donors (Lipinski definition) is 0. The summed E-state index contributed by atoms with van der Waals surface area (Å²) in [6.45, 7) is 5.29. The predicted octanol–water partition coefficient (Wildman–Crippen LogP) is 4.78. The predicted molar refractivity (Wildman–Crippen MR) is 105 cm³/mol. The summed E-state index contributed by atoms with van der Waals surface area (Å²) in [4.78, 5) is 19.6. The summed E-state index contributed by atoms with van der Waals surface area (Å²) >= 11 is 0. The van der Waals surface area contributed by atoms with Gasteiger partial charge in [0.15, 0.2) is 0 Å². The first kappa shape index (κ1) is 16.8. The van der Waals surface area contributed by atoms with E-state index in [1.165, 1.54) is 5.56 Å². The SMILES string of the molecule is CC1(C)CC(c2ccccc2)N(C(=O)Cc2cncc3ccccc23)C1. The number of nitrogens with zero attached hydrogens (tertiary/aromatic N) is 2. The smallest absolute Gasteiger partial charge is 0.227 e. The maximum atomic E-state index is 13.2. The molecule has 4 rings (SSSR count). The number of likely N-dealkylation sites (tertiary alicyclic amines) is 1. The first-order chi connectivity index (χ1) is 12.5. The van der Waals surface area contributed by atoms with Crippen molar-refractivity contribution < 1.29 is 4.79 Å². The fourth-order valence-electron chi connectivity index (χ4n) is 4.09. The van der Waals surface area contributed by atoms with E-state index in [-0.39, 0.29) is 17.4 Å². The molecule has 0 N–H and O–H groups in total. The van der Waals surface area contributed by atoms with Gasteiger partial charge in [-0.2, -0.15) is 0 Å². The van der Waals surface area contributed by atoms with Gasteiger partial charge in [-0.05, 0) is 28.3 Å². The van der Waals surface area contributed by atoms with Crippen molar-refractivity contribution in [2.24, 2.45) is 5.41 Å². The Balaban J connectivity index is 1.63. The molecule has 0 bridgehead atoms. The van der Waals surface area contributed by atoms with Crippen LogP contribution in [0.1, 0.15) is 37.4 Å². The van der Waals surface area contributed by atoms with Gasteiger partial charge in [-0.3, -0.25) is 9.78 Å². The van der Waals surface area contributed by atoms with Gasteiger partial charge in [0.05, 0.1) is 12.5 Å². The van der Waals surface area contributed by atoms with Gasteiger partial charge in [-0.1, -0.05) is 68.4 Å². The topological polar surface area (TPSA) is 33.2 Å². The Labute approximate surface area is 154 Å². The average molecular weight is 344 g/mol. The summed E-state index contributed by atoms with van der Waals surface area (Å²) in [6, 6.07) is 18.7. The lowest BCUT2D eigenvalue weighted by atomic mass is 9.89. The minimum atomic E-state index is 0.132. The van der Waals surface area contributed by atoms with Crippen LogP contribution >= 0.6 is 0 Å². The minimum Gasteiger partial charge on any atom is -0.335 e. The van der Waals surface area contributed by atoms with Crippen LogP contribution in [0.2, 0.25) is 0 Å². The van der Waals surface area contributed by atoms with E-state index in [0.29, 0.717) is 6.42 Å². The number of fused-ring (bicyclic) bond motifs is 1. The number of benzene rings is 2. The zero-order chi connectivity index (χ0) is 18.1. The van der Waals surface area contributed by atoms with Crippen LogP contribution in [0, 0.1) is 5.41 Å². The molecule has 2 heterocycles. The molecule has 0 radical (unpaired) electrons. The van der Waals surface area contributed by atoms with Crippen molar-refractivity contribution in [3.8, 4) is 0 Å². The Kier molecular flexibility index (Phi) is 4.23. The van der Waals surface area contributed by atoms with Gasteiger partial charge < -0.3 is 4.90 Å². The molecule has 1 aliphatic rings. The monoisotopic (exact) mass is 344 g/mol. The van der Waals surface area contributed by atoms with Crippen LogP contribution in [-0.4, -0.2) is 22.3 Å². The van der Waals surface area contributed by atoms with Crippen LogP contribution in [0.5, 0.6) is 0 Å². The molecule has 0 aliphatic carbocycles. The number of pyridine rings is 1. The van der Waals surface area contributed by atoms with Crippen LogP contribution in [0.4, 0.5) is 0 Å². The molecule has 3 nitrogen and oxygen atoms in total. The molecule has 1 saturated heterocycles. The number of hydrogen-bond acceptors (Lipinski definition) is 2. The number of amides is 1. The van der Waals surface area contributed by atoms with Gasteiger partial charge in [0.1, 0.15) is 0 Å². The third-order valence-electron chi connectivity index (χ3n) is 5.32. The van der Waals surface area contributed by atoms with Gasteiger partial charge in [0, 0.05) is 24.3 Å². The maximum Gasteiger partial charge on any atom is 0.227 e. The van der Waals surface area contributed by atoms with Gasteiger partial charge >= 0.3 is 0 Å². The van der Waals surface area contributed by atoms with Crippen LogP contribution in [0.25, 0.3) is 10.8 Å². The average Bonchev–Trinajstić information content (AvgIpc) is 2.99. The molecule has 1 atom stereocenters. The fraction of sp³-hybridized carbons (Fsp3) is 0.304. The number of aromatic nitrogens is 1. The molecule has 132 valence electrons. The minimum absolute atomic E-state index is 0.132. The molecule has 1 amide bonds. The van der Waals surface area contributed by atoms with Gasteiger partial charge in [0.2, 0.25) is 5.91 Å². The molecule has 3 aromatic rings. The van der Waals surface area contributed by atoms with Crippen LogP contribution in [0.3, 0.4) is 0 Å². The van der Waals surface area contributed by atoms with Crippen molar-refractivity contribution in [3.63, 3.8) is 0 Å². The van der Waals surface area contributed by atoms with E-state index in [1.807, 2.05) is 36.7 Å². The lowest BCUT2D eigenvalue weighted by Gasteiger charge is -2.25. The summed E-state index contributed by atoms with van der Waals surface area (Å²) in [6.07, 6.45) is 5.08. The molecule has 1 aromatic heterocycles. The first-order valence-corrected chi connectivity index (χ1v) is 9.20. The van der Waals surface area contributed by atoms with E-state index < -0.39 is 0 Å². The van der Waals surface area contributed by atoms with Crippen LogP contribution in [0.15, 0.2) is 67.0 Å². The summed E-state index contributed by atoms with van der Waals surface area (Å²) in [5.74, 6) is 0.183. The Morgan fingerprint density at radius 2 is 1.81 bits per heavy atom. The number of carbonyl (C=O) groups excluding carboxylic acids is 1. The molecule has 0 saturated carbocycles. The highest BCUT2D eigenvalue weighted by molar-refractivity contribution is 5.89. The fourth-order valence-corrected chi connectivity index (χ4v) is 4.09. The normalized spacial score (nSPS) is 19.0. The highest BCUT2D eigenvalue weighted by Crippen LogP contribution is 2.42. The lowest BCUT2D eigenvalue weighted by Crippen LogP contribution is -2.33. The van der Waals surface area contributed by atoms with Crippen molar-refractivity contribution in [3.05, 3.63) is 78.1 Å². The summed E-state index contributed by atoms with van der Waals surface area (Å²) in [5, 5.41) is 2.20. The summed E-state index contributed by atoms with van der Waals surface area (Å²) in [7, 11) is 0. The quantitative estimate of drug-likeness (QED) is 0.685. The lowest BCUT2D eigenvalue weighted by molar-refractivity contribution is -0.131. The van der Waals surface area contributed by atoms with Crippen molar-refractivity contribution >= 4 is 16.7 Å². The van der Waals surface area contributed by atoms with Gasteiger partial charge in [0.25, 0.3) is 0 Å². The Bertz CT molecular complexity index is 928. The number of carbonyl (C=O) groups is 1. The Morgan fingerprint density at radius 1 is 1.08 bits per heavy atom. The van der Waals surface area contributed by atoms with Crippen molar-refractivity contribution in [2.75, 3.05) is 6.54 Å². The van der Waals surface area contributed by atoms with Gasteiger partial charge in [-0.25, -0.2) is 0 Å². The van der Waals surface area contributed by atoms with Crippen LogP contribution in [-0.2, 0) is 11.2 Å². The zero-order valence-corrected chi connectivity index (χ0v) is 15.4. The van der Waals surface area contributed by atoms with Crippen molar-refractivity contribution in [2.45, 2.75) is 32.7 Å².